The minimum absolute atomic E-state index is 0.0365. The lowest BCUT2D eigenvalue weighted by Crippen LogP contribution is -2.34. The van der Waals surface area contributed by atoms with Crippen LogP contribution >= 0.6 is 0 Å². The van der Waals surface area contributed by atoms with Gasteiger partial charge in [-0.05, 0) is 43.5 Å². The van der Waals surface area contributed by atoms with E-state index in [2.05, 4.69) is 12.1 Å². The highest BCUT2D eigenvalue weighted by atomic mass is 16.6. The van der Waals surface area contributed by atoms with Crippen LogP contribution in [-0.2, 0) is 22.4 Å². The van der Waals surface area contributed by atoms with Crippen molar-refractivity contribution in [3.63, 3.8) is 0 Å². The van der Waals surface area contributed by atoms with Crippen LogP contribution in [0.5, 0.6) is 11.5 Å². The zero-order valence-corrected chi connectivity index (χ0v) is 16.0. The minimum atomic E-state index is -0.101. The number of hydrogen-bond acceptors (Lipinski definition) is 5. The molecule has 4 rings (SSSR count). The quantitative estimate of drug-likeness (QED) is 0.826. The first-order chi connectivity index (χ1) is 13.1. The van der Waals surface area contributed by atoms with E-state index >= 15 is 0 Å². The largest absolute Gasteiger partial charge is 0.496 e. The molecule has 2 aliphatic heterocycles. The van der Waals surface area contributed by atoms with E-state index < -0.39 is 0 Å². The lowest BCUT2D eigenvalue weighted by Gasteiger charge is -2.27. The molecule has 0 saturated carbocycles. The monoisotopic (exact) mass is 371 g/mol. The Hall–Kier alpha value is -2.31. The average molecular weight is 371 g/mol. The normalized spacial score (nSPS) is 18.6. The molecular formula is C21H25NO5. The standard InChI is InChI=1S/C21H25NO5/c1-13-8-17-15(9-18(13)24-3)4-5-22-20(23)10-19(14(2)21(17)22)27-12-16-11-25-6-7-26-16/h8-10,16H,4-7,11-12H2,1-3H3/t16-/m0/s1. The van der Waals surface area contributed by atoms with Crippen molar-refractivity contribution < 1.29 is 18.9 Å². The molecular weight excluding hydrogens is 346 g/mol. The molecule has 144 valence electrons. The van der Waals surface area contributed by atoms with E-state index in [1.165, 1.54) is 5.56 Å². The Bertz CT molecular complexity index is 912. The van der Waals surface area contributed by atoms with Gasteiger partial charge in [-0.3, -0.25) is 4.79 Å². The third kappa shape index (κ3) is 3.35. The van der Waals surface area contributed by atoms with Crippen molar-refractivity contribution in [2.75, 3.05) is 33.5 Å². The van der Waals surface area contributed by atoms with Crippen LogP contribution in [0.2, 0.25) is 0 Å². The summed E-state index contributed by atoms with van der Waals surface area (Å²) in [7, 11) is 1.68. The fourth-order valence-corrected chi connectivity index (χ4v) is 3.87. The topological polar surface area (TPSA) is 58.9 Å². The Morgan fingerprint density at radius 2 is 2.04 bits per heavy atom. The molecule has 2 aliphatic rings. The van der Waals surface area contributed by atoms with Crippen LogP contribution in [0.15, 0.2) is 23.0 Å². The van der Waals surface area contributed by atoms with Crippen molar-refractivity contribution >= 4 is 0 Å². The molecule has 1 saturated heterocycles. The van der Waals surface area contributed by atoms with Crippen LogP contribution < -0.4 is 15.0 Å². The smallest absolute Gasteiger partial charge is 0.254 e. The highest BCUT2D eigenvalue weighted by molar-refractivity contribution is 5.73. The number of nitrogens with zero attached hydrogens (tertiary/aromatic N) is 1. The Balaban J connectivity index is 1.72. The van der Waals surface area contributed by atoms with Gasteiger partial charge in [-0.2, -0.15) is 0 Å². The van der Waals surface area contributed by atoms with Gasteiger partial charge in [0.25, 0.3) is 5.56 Å². The summed E-state index contributed by atoms with van der Waals surface area (Å²) in [4.78, 5) is 12.7. The average Bonchev–Trinajstić information content (AvgIpc) is 2.69. The van der Waals surface area contributed by atoms with Crippen molar-refractivity contribution in [2.45, 2.75) is 32.9 Å². The fraction of sp³-hybridized carbons (Fsp3) is 0.476. The molecule has 1 aromatic heterocycles. The number of aryl methyl sites for hydroxylation is 2. The molecule has 27 heavy (non-hydrogen) atoms. The number of methoxy groups -OCH3 is 1. The van der Waals surface area contributed by atoms with Gasteiger partial charge in [-0.25, -0.2) is 0 Å². The predicted molar refractivity (Wildman–Crippen MR) is 102 cm³/mol. The third-order valence-corrected chi connectivity index (χ3v) is 5.31. The van der Waals surface area contributed by atoms with Crippen LogP contribution in [0.25, 0.3) is 11.3 Å². The predicted octanol–water partition coefficient (Wildman–Crippen LogP) is 2.49. The van der Waals surface area contributed by atoms with Crippen molar-refractivity contribution in [2.24, 2.45) is 0 Å². The maximum atomic E-state index is 12.7. The van der Waals surface area contributed by atoms with Gasteiger partial charge in [0.1, 0.15) is 24.2 Å². The Labute approximate surface area is 158 Å². The Morgan fingerprint density at radius 1 is 1.19 bits per heavy atom. The number of rotatable bonds is 4. The van der Waals surface area contributed by atoms with Gasteiger partial charge in [0, 0.05) is 23.7 Å². The summed E-state index contributed by atoms with van der Waals surface area (Å²) in [6, 6.07) is 5.77. The first kappa shape index (κ1) is 18.1. The number of fused-ring (bicyclic) bond motifs is 3. The summed E-state index contributed by atoms with van der Waals surface area (Å²) in [5.74, 6) is 1.49. The zero-order valence-electron chi connectivity index (χ0n) is 16.0. The maximum Gasteiger partial charge on any atom is 0.254 e. The van der Waals surface area contributed by atoms with Gasteiger partial charge in [-0.15, -0.1) is 0 Å². The number of hydrogen-bond donors (Lipinski definition) is 0. The number of aromatic nitrogens is 1. The molecule has 0 amide bonds. The van der Waals surface area contributed by atoms with Crippen LogP contribution in [0, 0.1) is 13.8 Å². The van der Waals surface area contributed by atoms with Gasteiger partial charge in [0.2, 0.25) is 0 Å². The lowest BCUT2D eigenvalue weighted by molar-refractivity contribution is -0.101. The van der Waals surface area contributed by atoms with E-state index in [0.717, 1.165) is 34.6 Å². The second-order valence-corrected chi connectivity index (χ2v) is 7.08. The first-order valence-electron chi connectivity index (χ1n) is 9.33. The number of pyridine rings is 1. The molecule has 3 heterocycles. The van der Waals surface area contributed by atoms with Crippen molar-refractivity contribution in [3.05, 3.63) is 45.2 Å². The van der Waals surface area contributed by atoms with Crippen molar-refractivity contribution in [3.8, 4) is 22.8 Å². The molecule has 0 aliphatic carbocycles. The van der Waals surface area contributed by atoms with E-state index in [1.54, 1.807) is 13.2 Å². The molecule has 0 bridgehead atoms. The fourth-order valence-electron chi connectivity index (χ4n) is 3.87. The van der Waals surface area contributed by atoms with Crippen LogP contribution in [0.1, 0.15) is 16.7 Å². The van der Waals surface area contributed by atoms with Gasteiger partial charge >= 0.3 is 0 Å². The van der Waals surface area contributed by atoms with Crippen LogP contribution in [0.4, 0.5) is 0 Å². The van der Waals surface area contributed by atoms with E-state index in [4.69, 9.17) is 18.9 Å². The van der Waals surface area contributed by atoms with Gasteiger partial charge < -0.3 is 23.5 Å². The Kier molecular flexibility index (Phi) is 4.93. The van der Waals surface area contributed by atoms with Crippen molar-refractivity contribution in [1.29, 1.82) is 0 Å². The molecule has 0 N–H and O–H groups in total. The molecule has 2 aromatic rings. The van der Waals surface area contributed by atoms with Crippen LogP contribution in [0.3, 0.4) is 0 Å². The van der Waals surface area contributed by atoms with Gasteiger partial charge in [0.15, 0.2) is 0 Å². The summed E-state index contributed by atoms with van der Waals surface area (Å²) in [6.07, 6.45) is 0.710. The zero-order chi connectivity index (χ0) is 19.0. The lowest BCUT2D eigenvalue weighted by atomic mass is 9.92. The molecule has 1 fully saturated rings. The molecule has 6 heteroatoms. The highest BCUT2D eigenvalue weighted by Crippen LogP contribution is 2.37. The molecule has 0 radical (unpaired) electrons. The van der Waals surface area contributed by atoms with E-state index in [1.807, 2.05) is 18.4 Å². The molecule has 1 aromatic carbocycles. The summed E-state index contributed by atoms with van der Waals surface area (Å²) in [5, 5.41) is 0. The van der Waals surface area contributed by atoms with E-state index in [0.29, 0.717) is 38.7 Å². The number of benzene rings is 1. The molecule has 6 nitrogen and oxygen atoms in total. The second kappa shape index (κ2) is 7.37. The summed E-state index contributed by atoms with van der Waals surface area (Å²) in [5.41, 5.74) is 5.20. The van der Waals surface area contributed by atoms with Gasteiger partial charge in [0.05, 0.1) is 32.6 Å². The second-order valence-electron chi connectivity index (χ2n) is 7.08. The van der Waals surface area contributed by atoms with E-state index in [9.17, 15) is 4.79 Å². The minimum Gasteiger partial charge on any atom is -0.496 e. The number of ether oxygens (including phenoxy) is 4. The summed E-state index contributed by atoms with van der Waals surface area (Å²) >= 11 is 0. The summed E-state index contributed by atoms with van der Waals surface area (Å²) in [6.45, 7) is 6.78. The third-order valence-electron chi connectivity index (χ3n) is 5.31. The van der Waals surface area contributed by atoms with Gasteiger partial charge in [-0.1, -0.05) is 0 Å². The first-order valence-corrected chi connectivity index (χ1v) is 9.33. The Morgan fingerprint density at radius 3 is 2.78 bits per heavy atom. The van der Waals surface area contributed by atoms with Crippen LogP contribution in [-0.4, -0.2) is 44.2 Å². The van der Waals surface area contributed by atoms with E-state index in [-0.39, 0.29) is 11.7 Å². The summed E-state index contributed by atoms with van der Waals surface area (Å²) < 4.78 is 24.3. The molecule has 0 spiro atoms. The molecule has 0 unspecified atom stereocenters. The molecule has 1 atom stereocenters. The highest BCUT2D eigenvalue weighted by Gasteiger charge is 2.24. The maximum absolute atomic E-state index is 12.7. The van der Waals surface area contributed by atoms with Crippen molar-refractivity contribution in [1.82, 2.24) is 4.57 Å². The SMILES string of the molecule is COc1cc2c(cc1C)-c1c(C)c(OC[C@@H]3COCCO3)cc(=O)n1CC2.